The van der Waals surface area contributed by atoms with E-state index in [1.807, 2.05) is 6.92 Å². The van der Waals surface area contributed by atoms with Crippen molar-refractivity contribution in [2.24, 2.45) is 5.92 Å². The highest BCUT2D eigenvalue weighted by Crippen LogP contribution is 2.16. The fourth-order valence-electron chi connectivity index (χ4n) is 2.97. The van der Waals surface area contributed by atoms with Crippen LogP contribution in [0.2, 0.25) is 0 Å². The lowest BCUT2D eigenvalue weighted by Gasteiger charge is -2.16. The molecule has 1 aliphatic rings. The number of hydrogen-bond acceptors (Lipinski definition) is 3. The van der Waals surface area contributed by atoms with Crippen LogP contribution in [0.1, 0.15) is 57.2 Å². The van der Waals surface area contributed by atoms with Crippen molar-refractivity contribution in [2.45, 2.75) is 58.6 Å². The molecule has 1 N–H and O–H groups in total. The summed E-state index contributed by atoms with van der Waals surface area (Å²) in [5.41, 5.74) is 2.48. The lowest BCUT2D eigenvalue weighted by Crippen LogP contribution is -2.28. The molecule has 2 rings (SSSR count). The molecule has 0 aromatic heterocycles. The quantitative estimate of drug-likeness (QED) is 0.702. The van der Waals surface area contributed by atoms with Crippen molar-refractivity contribution in [3.05, 3.63) is 35.4 Å². The van der Waals surface area contributed by atoms with Crippen molar-refractivity contribution in [1.29, 1.82) is 0 Å². The Morgan fingerprint density at radius 2 is 2.04 bits per heavy atom. The zero-order valence-electron chi connectivity index (χ0n) is 15.2. The summed E-state index contributed by atoms with van der Waals surface area (Å²) in [5.74, 6) is 0.684. The number of rotatable bonds is 9. The zero-order valence-corrected chi connectivity index (χ0v) is 15.2. The molecule has 1 fully saturated rings. The van der Waals surface area contributed by atoms with Gasteiger partial charge in [-0.05, 0) is 43.2 Å². The van der Waals surface area contributed by atoms with E-state index in [0.29, 0.717) is 25.6 Å². The first-order chi connectivity index (χ1) is 11.5. The second-order valence-corrected chi connectivity index (χ2v) is 7.09. The highest BCUT2D eigenvalue weighted by molar-refractivity contribution is 5.76. The van der Waals surface area contributed by atoms with Crippen molar-refractivity contribution in [2.75, 3.05) is 19.8 Å². The summed E-state index contributed by atoms with van der Waals surface area (Å²) in [4.78, 5) is 12.0. The molecule has 1 amide bonds. The molecule has 4 heteroatoms. The predicted octanol–water partition coefficient (Wildman–Crippen LogP) is 3.65. The van der Waals surface area contributed by atoms with Gasteiger partial charge in [-0.25, -0.2) is 0 Å². The van der Waals surface area contributed by atoms with Crippen LogP contribution in [0.25, 0.3) is 0 Å². The topological polar surface area (TPSA) is 47.6 Å². The van der Waals surface area contributed by atoms with Gasteiger partial charge >= 0.3 is 0 Å². The average molecular weight is 333 g/mol. The molecular weight excluding hydrogens is 302 g/mol. The van der Waals surface area contributed by atoms with Crippen LogP contribution in [0.3, 0.4) is 0 Å². The number of hydrogen-bond donors (Lipinski definition) is 1. The first kappa shape index (κ1) is 18.9. The van der Waals surface area contributed by atoms with Gasteiger partial charge in [-0.1, -0.05) is 38.1 Å². The van der Waals surface area contributed by atoms with Crippen molar-refractivity contribution >= 4 is 5.91 Å². The fraction of sp³-hybridized carbons (Fsp3) is 0.650. The van der Waals surface area contributed by atoms with Crippen LogP contribution in [0.5, 0.6) is 0 Å². The van der Waals surface area contributed by atoms with Crippen molar-refractivity contribution < 1.29 is 14.3 Å². The molecule has 24 heavy (non-hydrogen) atoms. The maximum absolute atomic E-state index is 12.0. The molecule has 1 saturated heterocycles. The highest BCUT2D eigenvalue weighted by atomic mass is 16.5. The lowest BCUT2D eigenvalue weighted by molar-refractivity contribution is -0.123. The minimum atomic E-state index is 0.0174. The molecule has 0 radical (unpaired) electrons. The van der Waals surface area contributed by atoms with Gasteiger partial charge in [0.1, 0.15) is 0 Å². The molecule has 0 aliphatic carbocycles. The number of amides is 1. The summed E-state index contributed by atoms with van der Waals surface area (Å²) in [5, 5.41) is 3.03. The summed E-state index contributed by atoms with van der Waals surface area (Å²) < 4.78 is 11.0. The molecule has 1 aliphatic heterocycles. The standard InChI is InChI=1S/C20H31NO3/c1-15(2)13-17-6-8-18(9-7-17)16(3)21-20(22)10-12-23-14-19-5-4-11-24-19/h6-9,15-16,19H,4-5,10-14H2,1-3H3,(H,21,22). The summed E-state index contributed by atoms with van der Waals surface area (Å²) in [6.45, 7) is 8.34. The minimum absolute atomic E-state index is 0.0174. The van der Waals surface area contributed by atoms with E-state index in [-0.39, 0.29) is 18.1 Å². The van der Waals surface area contributed by atoms with Crippen molar-refractivity contribution in [3.63, 3.8) is 0 Å². The molecule has 0 spiro atoms. The largest absolute Gasteiger partial charge is 0.378 e. The molecule has 2 unspecified atom stereocenters. The monoisotopic (exact) mass is 333 g/mol. The maximum Gasteiger partial charge on any atom is 0.222 e. The molecule has 0 bridgehead atoms. The van der Waals surface area contributed by atoms with E-state index in [1.54, 1.807) is 0 Å². The van der Waals surface area contributed by atoms with E-state index in [9.17, 15) is 4.79 Å². The number of benzene rings is 1. The molecule has 1 aromatic rings. The lowest BCUT2D eigenvalue weighted by atomic mass is 10.00. The van der Waals surface area contributed by atoms with Crippen LogP contribution in [0, 0.1) is 5.92 Å². The van der Waals surface area contributed by atoms with E-state index < -0.39 is 0 Å². The van der Waals surface area contributed by atoms with Gasteiger partial charge in [-0.15, -0.1) is 0 Å². The molecule has 134 valence electrons. The van der Waals surface area contributed by atoms with Crippen molar-refractivity contribution in [3.8, 4) is 0 Å². The van der Waals surface area contributed by atoms with Crippen LogP contribution < -0.4 is 5.32 Å². The third-order valence-electron chi connectivity index (χ3n) is 4.30. The summed E-state index contributed by atoms with van der Waals surface area (Å²) >= 11 is 0. The van der Waals surface area contributed by atoms with Crippen LogP contribution in [-0.2, 0) is 20.7 Å². The van der Waals surface area contributed by atoms with Gasteiger partial charge in [0.2, 0.25) is 5.91 Å². The van der Waals surface area contributed by atoms with E-state index in [1.165, 1.54) is 5.56 Å². The fourth-order valence-corrected chi connectivity index (χ4v) is 2.97. The zero-order chi connectivity index (χ0) is 17.4. The van der Waals surface area contributed by atoms with Crippen molar-refractivity contribution in [1.82, 2.24) is 5.32 Å². The molecule has 2 atom stereocenters. The van der Waals surface area contributed by atoms with E-state index in [4.69, 9.17) is 9.47 Å². The average Bonchev–Trinajstić information content (AvgIpc) is 3.05. The first-order valence-electron chi connectivity index (χ1n) is 9.12. The van der Waals surface area contributed by atoms with E-state index in [2.05, 4.69) is 43.4 Å². The Labute approximate surface area is 145 Å². The van der Waals surface area contributed by atoms with Gasteiger partial charge in [0, 0.05) is 13.0 Å². The first-order valence-corrected chi connectivity index (χ1v) is 9.12. The van der Waals surface area contributed by atoms with Gasteiger partial charge in [-0.3, -0.25) is 4.79 Å². The smallest absolute Gasteiger partial charge is 0.222 e. The Bertz CT molecular complexity index is 492. The van der Waals surface area contributed by atoms with Gasteiger partial charge < -0.3 is 14.8 Å². The second kappa shape index (κ2) is 9.80. The van der Waals surface area contributed by atoms with E-state index >= 15 is 0 Å². The number of ether oxygens (including phenoxy) is 2. The van der Waals surface area contributed by atoms with Crippen LogP contribution in [0.4, 0.5) is 0 Å². The van der Waals surface area contributed by atoms with Gasteiger partial charge in [0.15, 0.2) is 0 Å². The minimum Gasteiger partial charge on any atom is -0.378 e. The van der Waals surface area contributed by atoms with Gasteiger partial charge in [0.25, 0.3) is 0 Å². The molecular formula is C20H31NO3. The Morgan fingerprint density at radius 3 is 2.67 bits per heavy atom. The predicted molar refractivity (Wildman–Crippen MR) is 96.0 cm³/mol. The Hall–Kier alpha value is -1.39. The summed E-state index contributed by atoms with van der Waals surface area (Å²) in [6.07, 6.45) is 3.88. The van der Waals surface area contributed by atoms with Crippen LogP contribution in [-0.4, -0.2) is 31.8 Å². The number of nitrogens with one attached hydrogen (secondary N) is 1. The summed E-state index contributed by atoms with van der Waals surface area (Å²) in [7, 11) is 0. The number of carbonyl (C=O) groups excluding carboxylic acids is 1. The van der Waals surface area contributed by atoms with Gasteiger partial charge in [-0.2, -0.15) is 0 Å². The number of carbonyl (C=O) groups is 1. The van der Waals surface area contributed by atoms with Crippen LogP contribution >= 0.6 is 0 Å². The second-order valence-electron chi connectivity index (χ2n) is 7.09. The van der Waals surface area contributed by atoms with E-state index in [0.717, 1.165) is 31.4 Å². The normalized spacial score (nSPS) is 18.8. The SMILES string of the molecule is CC(C)Cc1ccc(C(C)NC(=O)CCOCC2CCCO2)cc1. The van der Waals surface area contributed by atoms with Gasteiger partial charge in [0.05, 0.1) is 25.4 Å². The molecule has 1 aromatic carbocycles. The Balaban J connectivity index is 1.66. The maximum atomic E-state index is 12.0. The molecule has 1 heterocycles. The third-order valence-corrected chi connectivity index (χ3v) is 4.30. The van der Waals surface area contributed by atoms with Crippen LogP contribution in [0.15, 0.2) is 24.3 Å². The molecule has 0 saturated carbocycles. The Kier molecular flexibility index (Phi) is 7.73. The third kappa shape index (κ3) is 6.62. The Morgan fingerprint density at radius 1 is 1.29 bits per heavy atom. The summed E-state index contributed by atoms with van der Waals surface area (Å²) in [6, 6.07) is 8.54. The highest BCUT2D eigenvalue weighted by Gasteiger charge is 2.15. The molecule has 4 nitrogen and oxygen atoms in total.